The van der Waals surface area contributed by atoms with Crippen LogP contribution in [0.1, 0.15) is 67.2 Å². The Bertz CT molecular complexity index is 803. The fourth-order valence-electron chi connectivity index (χ4n) is 4.02. The van der Waals surface area contributed by atoms with Gasteiger partial charge in [-0.15, -0.1) is 0 Å². The Labute approximate surface area is 182 Å². The van der Waals surface area contributed by atoms with E-state index < -0.39 is 5.60 Å². The number of anilines is 1. The van der Waals surface area contributed by atoms with Crippen LogP contribution in [0, 0.1) is 11.8 Å². The zero-order valence-electron chi connectivity index (χ0n) is 19.6. The molecule has 2 rings (SSSR count). The second-order valence-corrected chi connectivity index (χ2v) is 9.00. The van der Waals surface area contributed by atoms with Gasteiger partial charge in [0.05, 0.1) is 6.61 Å². The molecule has 4 heteroatoms. The van der Waals surface area contributed by atoms with Gasteiger partial charge in [0.1, 0.15) is 11.4 Å². The van der Waals surface area contributed by atoms with Crippen molar-refractivity contribution >= 4 is 22.4 Å². The van der Waals surface area contributed by atoms with Crippen molar-refractivity contribution < 1.29 is 14.3 Å². The lowest BCUT2D eigenvalue weighted by atomic mass is 9.83. The molecule has 0 aliphatic heterocycles. The van der Waals surface area contributed by atoms with Crippen LogP contribution in [-0.4, -0.2) is 24.7 Å². The van der Waals surface area contributed by atoms with Gasteiger partial charge in [0.25, 0.3) is 5.91 Å². The minimum absolute atomic E-state index is 0.0503. The lowest BCUT2D eigenvalue weighted by molar-refractivity contribution is -0.147. The number of benzene rings is 2. The van der Waals surface area contributed by atoms with Gasteiger partial charge < -0.3 is 14.8 Å². The molecule has 0 aromatic heterocycles. The summed E-state index contributed by atoms with van der Waals surface area (Å²) >= 11 is 0. The first-order valence-corrected chi connectivity index (χ1v) is 11.4. The largest absolute Gasteiger partial charge is 0.493 e. The topological polar surface area (TPSA) is 47.6 Å². The third-order valence-corrected chi connectivity index (χ3v) is 5.07. The Hall–Kier alpha value is -2.07. The highest BCUT2D eigenvalue weighted by molar-refractivity contribution is 6.06. The molecule has 30 heavy (non-hydrogen) atoms. The normalized spacial score (nSPS) is 12.0. The summed E-state index contributed by atoms with van der Waals surface area (Å²) in [5.41, 5.74) is -0.0203. The van der Waals surface area contributed by atoms with Crippen molar-refractivity contribution in [3.63, 3.8) is 0 Å². The third-order valence-electron chi connectivity index (χ3n) is 5.07. The molecular weight excluding hydrogens is 374 g/mol. The van der Waals surface area contributed by atoms with Crippen LogP contribution >= 0.6 is 0 Å². The van der Waals surface area contributed by atoms with Crippen LogP contribution in [0.4, 0.5) is 5.69 Å². The van der Waals surface area contributed by atoms with Crippen LogP contribution in [-0.2, 0) is 9.53 Å². The van der Waals surface area contributed by atoms with E-state index in [4.69, 9.17) is 9.47 Å². The van der Waals surface area contributed by atoms with E-state index in [2.05, 4.69) is 46.9 Å². The van der Waals surface area contributed by atoms with E-state index in [0.29, 0.717) is 37.9 Å². The van der Waals surface area contributed by atoms with Crippen molar-refractivity contribution in [2.24, 2.45) is 11.8 Å². The molecule has 1 amide bonds. The van der Waals surface area contributed by atoms with Crippen molar-refractivity contribution in [3.05, 3.63) is 36.4 Å². The Kier molecular flexibility index (Phi) is 9.16. The summed E-state index contributed by atoms with van der Waals surface area (Å²) in [4.78, 5) is 13.6. The van der Waals surface area contributed by atoms with E-state index >= 15 is 0 Å². The molecule has 4 nitrogen and oxygen atoms in total. The number of rotatable bonds is 12. The smallest absolute Gasteiger partial charge is 0.256 e. The van der Waals surface area contributed by atoms with Gasteiger partial charge in [0.15, 0.2) is 0 Å². The highest BCUT2D eigenvalue weighted by atomic mass is 16.5. The number of carbonyl (C=O) groups is 1. The van der Waals surface area contributed by atoms with Crippen LogP contribution < -0.4 is 10.1 Å². The summed E-state index contributed by atoms with van der Waals surface area (Å²) in [5.74, 6) is 1.51. The summed E-state index contributed by atoms with van der Waals surface area (Å²) in [5, 5.41) is 5.20. The summed E-state index contributed by atoms with van der Waals surface area (Å²) in [6, 6.07) is 12.0. The average Bonchev–Trinajstić information content (AvgIpc) is 2.70. The second-order valence-electron chi connectivity index (χ2n) is 9.00. The number of fused-ring (bicyclic) bond motifs is 1. The zero-order valence-corrected chi connectivity index (χ0v) is 19.6. The van der Waals surface area contributed by atoms with Gasteiger partial charge in [-0.05, 0) is 49.7 Å². The molecule has 0 spiro atoms. The molecule has 1 N–H and O–H groups in total. The van der Waals surface area contributed by atoms with Crippen molar-refractivity contribution in [1.29, 1.82) is 0 Å². The molecule has 0 fully saturated rings. The van der Waals surface area contributed by atoms with Gasteiger partial charge in [-0.2, -0.15) is 0 Å². The third kappa shape index (κ3) is 6.21. The van der Waals surface area contributed by atoms with Crippen LogP contribution in [0.25, 0.3) is 10.8 Å². The molecule has 0 aliphatic rings. The molecule has 166 valence electrons. The van der Waals surface area contributed by atoms with Gasteiger partial charge >= 0.3 is 0 Å². The lowest BCUT2D eigenvalue weighted by Gasteiger charge is -2.35. The zero-order chi connectivity index (χ0) is 22.1. The number of amides is 1. The quantitative estimate of drug-likeness (QED) is 0.415. The van der Waals surface area contributed by atoms with Gasteiger partial charge in [0, 0.05) is 23.1 Å². The Balaban J connectivity index is 2.41. The molecule has 0 radical (unpaired) electrons. The summed E-state index contributed by atoms with van der Waals surface area (Å²) < 4.78 is 12.2. The summed E-state index contributed by atoms with van der Waals surface area (Å²) in [7, 11) is 0. The first-order chi connectivity index (χ1) is 14.3. The van der Waals surface area contributed by atoms with Gasteiger partial charge in [-0.1, -0.05) is 65.8 Å². The van der Waals surface area contributed by atoms with Crippen molar-refractivity contribution in [3.8, 4) is 5.75 Å². The van der Waals surface area contributed by atoms with Crippen molar-refractivity contribution in [2.75, 3.05) is 18.5 Å². The monoisotopic (exact) mass is 413 g/mol. The minimum atomic E-state index is -0.823. The fraction of sp³-hybridized carbons (Fsp3) is 0.577. The van der Waals surface area contributed by atoms with E-state index in [1.54, 1.807) is 0 Å². The second kappa shape index (κ2) is 11.4. The average molecular weight is 414 g/mol. The van der Waals surface area contributed by atoms with Crippen LogP contribution in [0.2, 0.25) is 0 Å². The first-order valence-electron chi connectivity index (χ1n) is 11.4. The van der Waals surface area contributed by atoms with E-state index in [9.17, 15) is 4.79 Å². The molecule has 0 aliphatic carbocycles. The highest BCUT2D eigenvalue weighted by Gasteiger charge is 2.40. The van der Waals surface area contributed by atoms with Gasteiger partial charge in [-0.3, -0.25) is 4.79 Å². The molecule has 0 saturated carbocycles. The van der Waals surface area contributed by atoms with E-state index in [1.165, 1.54) is 0 Å². The predicted octanol–water partition coefficient (Wildman–Crippen LogP) is 6.82. The molecule has 0 atom stereocenters. The van der Waals surface area contributed by atoms with Gasteiger partial charge in [0.2, 0.25) is 0 Å². The molecule has 2 aromatic rings. The minimum Gasteiger partial charge on any atom is -0.493 e. The maximum absolute atomic E-state index is 13.6. The van der Waals surface area contributed by atoms with E-state index in [0.717, 1.165) is 35.1 Å². The number of carbonyl (C=O) groups excluding carboxylic acids is 1. The predicted molar refractivity (Wildman–Crippen MR) is 126 cm³/mol. The van der Waals surface area contributed by atoms with Crippen molar-refractivity contribution in [1.82, 2.24) is 0 Å². The lowest BCUT2D eigenvalue weighted by Crippen LogP contribution is -2.48. The molecule has 0 unspecified atom stereocenters. The van der Waals surface area contributed by atoms with Gasteiger partial charge in [-0.25, -0.2) is 0 Å². The summed E-state index contributed by atoms with van der Waals surface area (Å²) in [6.45, 7) is 14.0. The SMILES string of the molecule is CCCOc1ccc(NC(=O)C(CC(C)C)(CC(C)C)OCCC)c2ccccc12. The molecule has 0 bridgehead atoms. The Morgan fingerprint density at radius 3 is 2.07 bits per heavy atom. The summed E-state index contributed by atoms with van der Waals surface area (Å²) in [6.07, 6.45) is 3.24. The fourth-order valence-corrected chi connectivity index (χ4v) is 4.02. The van der Waals surface area contributed by atoms with E-state index in [-0.39, 0.29) is 5.91 Å². The number of hydrogen-bond acceptors (Lipinski definition) is 3. The maximum atomic E-state index is 13.6. The Morgan fingerprint density at radius 1 is 0.900 bits per heavy atom. The van der Waals surface area contributed by atoms with Crippen molar-refractivity contribution in [2.45, 2.75) is 72.8 Å². The molecule has 2 aromatic carbocycles. The maximum Gasteiger partial charge on any atom is 0.256 e. The molecule has 0 saturated heterocycles. The molecular formula is C26H39NO3. The Morgan fingerprint density at radius 2 is 1.50 bits per heavy atom. The van der Waals surface area contributed by atoms with E-state index in [1.807, 2.05) is 36.4 Å². The standard InChI is InChI=1S/C26H39NO3/c1-7-15-29-24-14-13-23(21-11-9-10-12-22(21)24)27-25(28)26(17-19(3)4,18-20(5)6)30-16-8-2/h9-14,19-20H,7-8,15-18H2,1-6H3,(H,27,28). The first kappa shape index (κ1) is 24.2. The molecule has 0 heterocycles. The number of nitrogens with one attached hydrogen (secondary N) is 1. The number of hydrogen-bond donors (Lipinski definition) is 1. The van der Waals surface area contributed by atoms with Crippen LogP contribution in [0.15, 0.2) is 36.4 Å². The number of ether oxygens (including phenoxy) is 2. The van der Waals surface area contributed by atoms with Crippen LogP contribution in [0.3, 0.4) is 0 Å². The highest BCUT2D eigenvalue weighted by Crippen LogP contribution is 2.35. The van der Waals surface area contributed by atoms with Crippen LogP contribution in [0.5, 0.6) is 5.75 Å².